The Morgan fingerprint density at radius 3 is 2.53 bits per heavy atom. The molecule has 0 saturated carbocycles. The second-order valence-electron chi connectivity index (χ2n) is 8.51. The van der Waals surface area contributed by atoms with Crippen LogP contribution in [0.1, 0.15) is 32.0 Å². The van der Waals surface area contributed by atoms with E-state index in [2.05, 4.69) is 43.1 Å². The molecular formula is C23H36IN7O. The SMILES string of the molecule is CN=C(NCCCc1nc2ccccc2[nH]1)N1CCN(C(C)C(=O)N2CCCC2)CC1.I. The normalized spacial score (nSPS) is 18.6. The first-order chi connectivity index (χ1) is 15.2. The summed E-state index contributed by atoms with van der Waals surface area (Å²) in [5.74, 6) is 2.27. The van der Waals surface area contributed by atoms with Crippen molar-refractivity contribution in [2.75, 3.05) is 52.9 Å². The number of nitrogens with one attached hydrogen (secondary N) is 2. The first-order valence-corrected chi connectivity index (χ1v) is 11.6. The first kappa shape index (κ1) is 24.8. The van der Waals surface area contributed by atoms with E-state index in [9.17, 15) is 4.79 Å². The molecule has 2 N–H and O–H groups in total. The van der Waals surface area contributed by atoms with Crippen LogP contribution < -0.4 is 5.32 Å². The van der Waals surface area contributed by atoms with Crippen LogP contribution in [0.4, 0.5) is 0 Å². The number of amides is 1. The Morgan fingerprint density at radius 2 is 1.84 bits per heavy atom. The van der Waals surface area contributed by atoms with Gasteiger partial charge in [0.15, 0.2) is 5.96 Å². The fourth-order valence-corrected chi connectivity index (χ4v) is 4.59. The van der Waals surface area contributed by atoms with Crippen molar-refractivity contribution in [2.45, 2.75) is 38.6 Å². The summed E-state index contributed by atoms with van der Waals surface area (Å²) in [4.78, 5) is 31.8. The van der Waals surface area contributed by atoms with E-state index in [1.165, 1.54) is 0 Å². The summed E-state index contributed by atoms with van der Waals surface area (Å²) in [5, 5.41) is 3.50. The van der Waals surface area contributed by atoms with E-state index in [4.69, 9.17) is 0 Å². The van der Waals surface area contributed by atoms with Crippen molar-refractivity contribution in [1.82, 2.24) is 30.0 Å². The van der Waals surface area contributed by atoms with Crippen LogP contribution in [0.2, 0.25) is 0 Å². The predicted octanol–water partition coefficient (Wildman–Crippen LogP) is 2.32. The topological polar surface area (TPSA) is 79.9 Å². The number of halogens is 1. The van der Waals surface area contributed by atoms with Gasteiger partial charge in [0.25, 0.3) is 0 Å². The molecule has 1 aromatic heterocycles. The van der Waals surface area contributed by atoms with Gasteiger partial charge in [-0.3, -0.25) is 14.7 Å². The van der Waals surface area contributed by atoms with Crippen molar-refractivity contribution in [2.24, 2.45) is 4.99 Å². The molecule has 176 valence electrons. The number of fused-ring (bicyclic) bond motifs is 1. The van der Waals surface area contributed by atoms with E-state index < -0.39 is 0 Å². The Bertz CT molecular complexity index is 868. The van der Waals surface area contributed by atoms with E-state index in [0.29, 0.717) is 5.91 Å². The lowest BCUT2D eigenvalue weighted by Crippen LogP contribution is -2.57. The summed E-state index contributed by atoms with van der Waals surface area (Å²) in [6.45, 7) is 8.32. The van der Waals surface area contributed by atoms with Gasteiger partial charge in [-0.1, -0.05) is 12.1 Å². The van der Waals surface area contributed by atoms with Crippen LogP contribution in [-0.4, -0.2) is 95.4 Å². The van der Waals surface area contributed by atoms with E-state index in [1.54, 1.807) is 0 Å². The molecule has 0 aliphatic carbocycles. The largest absolute Gasteiger partial charge is 0.356 e. The molecule has 2 aliphatic heterocycles. The summed E-state index contributed by atoms with van der Waals surface area (Å²) in [6, 6.07) is 8.11. The number of benzene rings is 1. The van der Waals surface area contributed by atoms with Crippen LogP contribution in [0.15, 0.2) is 29.3 Å². The van der Waals surface area contributed by atoms with Crippen LogP contribution >= 0.6 is 24.0 Å². The molecule has 1 atom stereocenters. The van der Waals surface area contributed by atoms with Crippen LogP contribution in [0.3, 0.4) is 0 Å². The fourth-order valence-electron chi connectivity index (χ4n) is 4.59. The molecule has 2 saturated heterocycles. The van der Waals surface area contributed by atoms with E-state index in [0.717, 1.165) is 94.3 Å². The van der Waals surface area contributed by atoms with Gasteiger partial charge in [0.1, 0.15) is 5.82 Å². The second kappa shape index (κ2) is 11.8. The van der Waals surface area contributed by atoms with Crippen molar-refractivity contribution < 1.29 is 4.79 Å². The number of piperazine rings is 1. The molecule has 2 aromatic rings. The first-order valence-electron chi connectivity index (χ1n) is 11.6. The van der Waals surface area contributed by atoms with Gasteiger partial charge in [-0.05, 0) is 38.3 Å². The Morgan fingerprint density at radius 1 is 1.12 bits per heavy atom. The minimum absolute atomic E-state index is 0. The third-order valence-corrected chi connectivity index (χ3v) is 6.46. The molecule has 0 bridgehead atoms. The van der Waals surface area contributed by atoms with Crippen LogP contribution in [0.5, 0.6) is 0 Å². The van der Waals surface area contributed by atoms with Gasteiger partial charge < -0.3 is 20.1 Å². The number of nitrogens with zero attached hydrogens (tertiary/aromatic N) is 5. The van der Waals surface area contributed by atoms with Gasteiger partial charge >= 0.3 is 0 Å². The number of carbonyl (C=O) groups is 1. The highest BCUT2D eigenvalue weighted by Crippen LogP contribution is 2.14. The standard InChI is InChI=1S/C23H35N7O.HI/c1-18(22(31)29-12-5-6-13-29)28-14-16-30(17-15-28)23(24-2)25-11-7-10-21-26-19-8-3-4-9-20(19)27-21;/h3-4,8-9,18H,5-7,10-17H2,1-2H3,(H,24,25)(H,26,27);1H. The van der Waals surface area contributed by atoms with Gasteiger partial charge in [0.2, 0.25) is 5.91 Å². The molecule has 0 radical (unpaired) electrons. The molecule has 32 heavy (non-hydrogen) atoms. The zero-order valence-electron chi connectivity index (χ0n) is 19.2. The highest BCUT2D eigenvalue weighted by Gasteiger charge is 2.30. The van der Waals surface area contributed by atoms with Crippen LogP contribution in [-0.2, 0) is 11.2 Å². The Hall–Kier alpha value is -1.88. The minimum atomic E-state index is -0.0287. The number of para-hydroxylation sites is 2. The Kier molecular flexibility index (Phi) is 9.15. The number of aryl methyl sites for hydroxylation is 1. The fraction of sp³-hybridized carbons (Fsp3) is 0.609. The van der Waals surface area contributed by atoms with Crippen LogP contribution in [0.25, 0.3) is 11.0 Å². The molecule has 1 amide bonds. The van der Waals surface area contributed by atoms with Crippen molar-refractivity contribution in [3.05, 3.63) is 30.1 Å². The average molecular weight is 553 g/mol. The summed E-state index contributed by atoms with van der Waals surface area (Å²) in [7, 11) is 1.84. The monoisotopic (exact) mass is 553 g/mol. The smallest absolute Gasteiger partial charge is 0.239 e. The number of hydrogen-bond donors (Lipinski definition) is 2. The number of rotatable bonds is 6. The second-order valence-corrected chi connectivity index (χ2v) is 8.51. The molecular weight excluding hydrogens is 517 g/mol. The molecule has 1 unspecified atom stereocenters. The lowest BCUT2D eigenvalue weighted by atomic mass is 10.2. The van der Waals surface area contributed by atoms with E-state index in [1.807, 2.05) is 30.1 Å². The maximum absolute atomic E-state index is 12.7. The summed E-state index contributed by atoms with van der Waals surface area (Å²) in [6.07, 6.45) is 4.18. The number of H-pyrrole nitrogens is 1. The van der Waals surface area contributed by atoms with Gasteiger partial charge in [0.05, 0.1) is 17.1 Å². The van der Waals surface area contributed by atoms with Gasteiger partial charge in [-0.15, -0.1) is 24.0 Å². The third kappa shape index (κ3) is 5.92. The molecule has 2 fully saturated rings. The third-order valence-electron chi connectivity index (χ3n) is 6.46. The van der Waals surface area contributed by atoms with Crippen molar-refractivity contribution >= 4 is 46.9 Å². The zero-order valence-corrected chi connectivity index (χ0v) is 21.5. The van der Waals surface area contributed by atoms with Gasteiger partial charge in [-0.25, -0.2) is 4.98 Å². The van der Waals surface area contributed by atoms with Crippen molar-refractivity contribution in [3.63, 3.8) is 0 Å². The van der Waals surface area contributed by atoms with Crippen LogP contribution in [0, 0.1) is 0 Å². The zero-order chi connectivity index (χ0) is 21.6. The summed E-state index contributed by atoms with van der Waals surface area (Å²) in [5.41, 5.74) is 2.12. The maximum Gasteiger partial charge on any atom is 0.239 e. The number of hydrogen-bond acceptors (Lipinski definition) is 4. The lowest BCUT2D eigenvalue weighted by molar-refractivity contribution is -0.135. The minimum Gasteiger partial charge on any atom is -0.356 e. The predicted molar refractivity (Wildman–Crippen MR) is 140 cm³/mol. The van der Waals surface area contributed by atoms with E-state index in [-0.39, 0.29) is 30.0 Å². The average Bonchev–Trinajstić information content (AvgIpc) is 3.48. The molecule has 2 aliphatic rings. The van der Waals surface area contributed by atoms with Crippen molar-refractivity contribution in [3.8, 4) is 0 Å². The Balaban J connectivity index is 0.00000289. The number of aromatic nitrogens is 2. The molecule has 8 nitrogen and oxygen atoms in total. The summed E-state index contributed by atoms with van der Waals surface area (Å²) >= 11 is 0. The van der Waals surface area contributed by atoms with Gasteiger partial charge in [-0.2, -0.15) is 0 Å². The Labute approximate surface area is 207 Å². The molecule has 0 spiro atoms. The van der Waals surface area contributed by atoms with E-state index >= 15 is 0 Å². The molecule has 4 rings (SSSR count). The summed E-state index contributed by atoms with van der Waals surface area (Å²) < 4.78 is 0. The van der Waals surface area contributed by atoms with Gasteiger partial charge in [0, 0.05) is 59.3 Å². The maximum atomic E-state index is 12.7. The number of aromatic amines is 1. The highest BCUT2D eigenvalue weighted by molar-refractivity contribution is 14.0. The number of carbonyl (C=O) groups excluding carboxylic acids is 1. The number of imidazole rings is 1. The highest BCUT2D eigenvalue weighted by atomic mass is 127. The lowest BCUT2D eigenvalue weighted by Gasteiger charge is -2.39. The quantitative estimate of drug-likeness (QED) is 0.249. The molecule has 9 heteroatoms. The van der Waals surface area contributed by atoms with Crippen molar-refractivity contribution in [1.29, 1.82) is 0 Å². The number of guanidine groups is 1. The molecule has 1 aromatic carbocycles. The number of likely N-dealkylation sites (tertiary alicyclic amines) is 1. The molecule has 3 heterocycles. The number of aliphatic imine (C=N–C) groups is 1.